The van der Waals surface area contributed by atoms with Crippen LogP contribution < -0.4 is 5.32 Å². The zero-order chi connectivity index (χ0) is 15.7. The monoisotopic (exact) mass is 293 g/mol. The topological polar surface area (TPSA) is 55.6 Å². The van der Waals surface area contributed by atoms with Gasteiger partial charge >= 0.3 is 0 Å². The Hall–Kier alpha value is -2.69. The SMILES string of the molecule is Cc1cccc(Nc2cc(C)nc(-n3nc(C)cc3C)n2)c1. The van der Waals surface area contributed by atoms with Crippen molar-refractivity contribution >= 4 is 11.5 Å². The van der Waals surface area contributed by atoms with Gasteiger partial charge in [-0.05, 0) is 51.5 Å². The van der Waals surface area contributed by atoms with Gasteiger partial charge in [-0.15, -0.1) is 0 Å². The molecule has 3 aromatic rings. The first-order valence-electron chi connectivity index (χ1n) is 7.24. The summed E-state index contributed by atoms with van der Waals surface area (Å²) in [6.45, 7) is 7.99. The quantitative estimate of drug-likeness (QED) is 0.801. The number of benzene rings is 1. The van der Waals surface area contributed by atoms with Gasteiger partial charge in [-0.1, -0.05) is 12.1 Å². The zero-order valence-electron chi connectivity index (χ0n) is 13.3. The van der Waals surface area contributed by atoms with Gasteiger partial charge in [0.2, 0.25) is 0 Å². The summed E-state index contributed by atoms with van der Waals surface area (Å²) in [6, 6.07) is 12.1. The molecule has 0 radical (unpaired) electrons. The molecule has 0 fully saturated rings. The predicted molar refractivity (Wildman–Crippen MR) is 87.8 cm³/mol. The third-order valence-corrected chi connectivity index (χ3v) is 3.33. The zero-order valence-corrected chi connectivity index (χ0v) is 13.3. The fourth-order valence-corrected chi connectivity index (χ4v) is 2.41. The molecule has 0 saturated heterocycles. The first kappa shape index (κ1) is 14.3. The number of nitrogens with zero attached hydrogens (tertiary/aromatic N) is 4. The molecule has 1 N–H and O–H groups in total. The van der Waals surface area contributed by atoms with Crippen LogP contribution in [0.3, 0.4) is 0 Å². The Morgan fingerprint density at radius 2 is 1.73 bits per heavy atom. The number of aryl methyl sites for hydroxylation is 4. The van der Waals surface area contributed by atoms with Crippen molar-refractivity contribution in [2.45, 2.75) is 27.7 Å². The fourth-order valence-electron chi connectivity index (χ4n) is 2.41. The lowest BCUT2D eigenvalue weighted by Crippen LogP contribution is -2.08. The van der Waals surface area contributed by atoms with Crippen LogP contribution in [0.25, 0.3) is 5.95 Å². The molecule has 5 heteroatoms. The van der Waals surface area contributed by atoms with Gasteiger partial charge in [-0.2, -0.15) is 10.1 Å². The summed E-state index contributed by atoms with van der Waals surface area (Å²) in [6.07, 6.45) is 0. The summed E-state index contributed by atoms with van der Waals surface area (Å²) in [5.41, 5.74) is 5.08. The van der Waals surface area contributed by atoms with E-state index in [1.165, 1.54) is 5.56 Å². The van der Waals surface area contributed by atoms with Crippen molar-refractivity contribution in [2.24, 2.45) is 0 Å². The highest BCUT2D eigenvalue weighted by Gasteiger charge is 2.09. The average molecular weight is 293 g/mol. The third kappa shape index (κ3) is 2.98. The van der Waals surface area contributed by atoms with Crippen LogP contribution in [-0.2, 0) is 0 Å². The van der Waals surface area contributed by atoms with Crippen LogP contribution in [0.5, 0.6) is 0 Å². The standard InChI is InChI=1S/C17H19N5/c1-11-6-5-7-15(8-11)19-16-10-12(2)18-17(20-16)22-14(4)9-13(3)21-22/h5-10H,1-4H3,(H,18,19,20). The maximum Gasteiger partial charge on any atom is 0.252 e. The summed E-state index contributed by atoms with van der Waals surface area (Å²) in [5.74, 6) is 1.35. The van der Waals surface area contributed by atoms with Crippen LogP contribution in [0.2, 0.25) is 0 Å². The smallest absolute Gasteiger partial charge is 0.252 e. The van der Waals surface area contributed by atoms with Crippen LogP contribution in [0, 0.1) is 27.7 Å². The molecule has 1 aromatic carbocycles. The molecule has 0 bridgehead atoms. The van der Waals surface area contributed by atoms with Crippen LogP contribution in [0.4, 0.5) is 11.5 Å². The lowest BCUT2D eigenvalue weighted by molar-refractivity contribution is 0.770. The highest BCUT2D eigenvalue weighted by atomic mass is 15.4. The third-order valence-electron chi connectivity index (χ3n) is 3.33. The lowest BCUT2D eigenvalue weighted by Gasteiger charge is -2.10. The Morgan fingerprint density at radius 1 is 0.909 bits per heavy atom. The number of hydrogen-bond acceptors (Lipinski definition) is 4. The first-order chi connectivity index (χ1) is 10.5. The lowest BCUT2D eigenvalue weighted by atomic mass is 10.2. The Bertz CT molecular complexity index is 820. The minimum absolute atomic E-state index is 0.584. The Kier molecular flexibility index (Phi) is 3.63. The normalized spacial score (nSPS) is 10.7. The Balaban J connectivity index is 1.98. The van der Waals surface area contributed by atoms with Crippen molar-refractivity contribution in [1.29, 1.82) is 0 Å². The second kappa shape index (κ2) is 5.60. The van der Waals surface area contributed by atoms with E-state index in [0.29, 0.717) is 5.95 Å². The van der Waals surface area contributed by atoms with Crippen molar-refractivity contribution in [2.75, 3.05) is 5.32 Å². The van der Waals surface area contributed by atoms with E-state index in [-0.39, 0.29) is 0 Å². The Morgan fingerprint density at radius 3 is 2.41 bits per heavy atom. The molecule has 2 heterocycles. The van der Waals surface area contributed by atoms with Crippen molar-refractivity contribution in [3.8, 4) is 5.95 Å². The first-order valence-corrected chi connectivity index (χ1v) is 7.24. The molecule has 0 aliphatic rings. The maximum absolute atomic E-state index is 4.58. The van der Waals surface area contributed by atoms with Gasteiger partial charge in [0, 0.05) is 23.1 Å². The predicted octanol–water partition coefficient (Wildman–Crippen LogP) is 3.64. The summed E-state index contributed by atoms with van der Waals surface area (Å²) in [4.78, 5) is 9.07. The van der Waals surface area contributed by atoms with Crippen LogP contribution >= 0.6 is 0 Å². The molecule has 22 heavy (non-hydrogen) atoms. The van der Waals surface area contributed by atoms with Crippen LogP contribution in [0.15, 0.2) is 36.4 Å². The van der Waals surface area contributed by atoms with Crippen molar-refractivity contribution < 1.29 is 0 Å². The van der Waals surface area contributed by atoms with E-state index >= 15 is 0 Å². The van der Waals surface area contributed by atoms with Crippen LogP contribution in [0.1, 0.15) is 22.6 Å². The number of rotatable bonds is 3. The molecule has 0 aliphatic carbocycles. The second-order valence-electron chi connectivity index (χ2n) is 5.53. The van der Waals surface area contributed by atoms with E-state index in [4.69, 9.17) is 0 Å². The summed E-state index contributed by atoms with van der Waals surface area (Å²) in [5, 5.41) is 7.78. The van der Waals surface area contributed by atoms with Crippen molar-refractivity contribution in [1.82, 2.24) is 19.7 Å². The minimum atomic E-state index is 0.584. The molecule has 0 saturated carbocycles. The minimum Gasteiger partial charge on any atom is -0.340 e. The number of nitrogens with one attached hydrogen (secondary N) is 1. The summed E-state index contributed by atoms with van der Waals surface area (Å²) >= 11 is 0. The highest BCUT2D eigenvalue weighted by Crippen LogP contribution is 2.18. The van der Waals surface area contributed by atoms with E-state index in [1.54, 1.807) is 4.68 Å². The van der Waals surface area contributed by atoms with Gasteiger partial charge in [0.25, 0.3) is 5.95 Å². The van der Waals surface area contributed by atoms with Gasteiger partial charge in [0.05, 0.1) is 5.69 Å². The van der Waals surface area contributed by atoms with Crippen LogP contribution in [-0.4, -0.2) is 19.7 Å². The van der Waals surface area contributed by atoms with Gasteiger partial charge in [0.1, 0.15) is 5.82 Å². The molecular formula is C17H19N5. The van der Waals surface area contributed by atoms with E-state index in [2.05, 4.69) is 39.4 Å². The molecule has 0 atom stereocenters. The Labute approximate surface area is 130 Å². The molecule has 5 nitrogen and oxygen atoms in total. The molecule has 112 valence electrons. The largest absolute Gasteiger partial charge is 0.340 e. The van der Waals surface area contributed by atoms with Crippen molar-refractivity contribution in [3.63, 3.8) is 0 Å². The maximum atomic E-state index is 4.58. The van der Waals surface area contributed by atoms with E-state index in [9.17, 15) is 0 Å². The van der Waals surface area contributed by atoms with E-state index < -0.39 is 0 Å². The second-order valence-corrected chi connectivity index (χ2v) is 5.53. The van der Waals surface area contributed by atoms with E-state index in [1.807, 2.05) is 45.0 Å². The molecule has 0 amide bonds. The molecule has 0 aliphatic heterocycles. The number of hydrogen-bond donors (Lipinski definition) is 1. The molecular weight excluding hydrogens is 274 g/mol. The summed E-state index contributed by atoms with van der Waals surface area (Å²) in [7, 11) is 0. The highest BCUT2D eigenvalue weighted by molar-refractivity contribution is 5.57. The van der Waals surface area contributed by atoms with Gasteiger partial charge in [-0.3, -0.25) is 0 Å². The van der Waals surface area contributed by atoms with Gasteiger partial charge in [-0.25, -0.2) is 9.67 Å². The number of anilines is 2. The summed E-state index contributed by atoms with van der Waals surface area (Å²) < 4.78 is 1.77. The van der Waals surface area contributed by atoms with Gasteiger partial charge < -0.3 is 5.32 Å². The molecule has 0 unspecified atom stereocenters. The number of aromatic nitrogens is 4. The molecule has 0 spiro atoms. The van der Waals surface area contributed by atoms with E-state index in [0.717, 1.165) is 28.6 Å². The fraction of sp³-hybridized carbons (Fsp3) is 0.235. The molecule has 2 aromatic heterocycles. The van der Waals surface area contributed by atoms with Gasteiger partial charge in [0.15, 0.2) is 0 Å². The average Bonchev–Trinajstić information content (AvgIpc) is 2.77. The molecule has 3 rings (SSSR count). The van der Waals surface area contributed by atoms with Crippen molar-refractivity contribution in [3.05, 3.63) is 59.0 Å².